The lowest BCUT2D eigenvalue weighted by molar-refractivity contribution is -0.125. The van der Waals surface area contributed by atoms with E-state index in [4.69, 9.17) is 0 Å². The molecule has 0 aliphatic rings. The second-order valence-corrected chi connectivity index (χ2v) is 5.14. The molecule has 0 aliphatic carbocycles. The minimum Gasteiger partial charge on any atom is -0.349 e. The summed E-state index contributed by atoms with van der Waals surface area (Å²) in [5.41, 5.74) is 0. The second-order valence-electron chi connectivity index (χ2n) is 5.14. The summed E-state index contributed by atoms with van der Waals surface area (Å²) in [6.45, 7) is 2.76. The van der Waals surface area contributed by atoms with Gasteiger partial charge in [0.2, 0.25) is 5.91 Å². The maximum absolute atomic E-state index is 11.4. The number of carbonyl (C=O) groups excluding carboxylic acids is 5. The first-order chi connectivity index (χ1) is 10.3. The first-order valence-corrected chi connectivity index (χ1v) is 7.25. The van der Waals surface area contributed by atoms with Gasteiger partial charge in [-0.05, 0) is 13.8 Å². The van der Waals surface area contributed by atoms with Crippen LogP contribution >= 0.6 is 0 Å². The van der Waals surface area contributed by atoms with Gasteiger partial charge in [-0.1, -0.05) is 12.2 Å². The maximum Gasteiger partial charge on any atom is 0.224 e. The zero-order valence-corrected chi connectivity index (χ0v) is 13.1. The highest BCUT2D eigenvalue weighted by molar-refractivity contribution is 5.89. The summed E-state index contributed by atoms with van der Waals surface area (Å²) in [5, 5.41) is 2.45. The molecule has 0 spiro atoms. The molecule has 122 valence electrons. The zero-order valence-electron chi connectivity index (χ0n) is 13.1. The third-order valence-corrected chi connectivity index (χ3v) is 2.81. The van der Waals surface area contributed by atoms with Gasteiger partial charge in [0, 0.05) is 38.5 Å². The van der Waals surface area contributed by atoms with Crippen LogP contribution in [0.15, 0.2) is 12.2 Å². The van der Waals surface area contributed by atoms with E-state index in [0.717, 1.165) is 0 Å². The first kappa shape index (κ1) is 19.9. The lowest BCUT2D eigenvalue weighted by Gasteiger charge is -2.02. The molecule has 0 aromatic heterocycles. The summed E-state index contributed by atoms with van der Waals surface area (Å²) < 4.78 is 0. The highest BCUT2D eigenvalue weighted by Gasteiger charge is 2.06. The van der Waals surface area contributed by atoms with Crippen molar-refractivity contribution in [1.82, 2.24) is 5.32 Å². The summed E-state index contributed by atoms with van der Waals surface area (Å²) in [6, 6.07) is 0. The van der Waals surface area contributed by atoms with Gasteiger partial charge in [-0.3, -0.25) is 14.4 Å². The summed E-state index contributed by atoms with van der Waals surface area (Å²) >= 11 is 0. The molecule has 1 N–H and O–H groups in total. The lowest BCUT2D eigenvalue weighted by Crippen LogP contribution is -2.29. The highest BCUT2D eigenvalue weighted by atomic mass is 16.2. The minimum absolute atomic E-state index is 0.0221. The minimum atomic E-state index is -0.316. The number of nitrogens with one attached hydrogen (secondary N) is 1. The van der Waals surface area contributed by atoms with Crippen molar-refractivity contribution in [3.63, 3.8) is 0 Å². The summed E-state index contributed by atoms with van der Waals surface area (Å²) in [7, 11) is 0. The van der Waals surface area contributed by atoms with Crippen molar-refractivity contribution in [2.45, 2.75) is 52.4 Å². The molecule has 0 saturated heterocycles. The van der Waals surface area contributed by atoms with Crippen molar-refractivity contribution in [3.05, 3.63) is 12.2 Å². The van der Waals surface area contributed by atoms with E-state index < -0.39 is 0 Å². The molecule has 0 bridgehead atoms. The highest BCUT2D eigenvalue weighted by Crippen LogP contribution is 1.98. The number of carbonyl (C=O) groups is 5. The molecule has 0 aromatic carbocycles. The van der Waals surface area contributed by atoms with Crippen LogP contribution in [-0.4, -0.2) is 35.6 Å². The van der Waals surface area contributed by atoms with Crippen LogP contribution in [0, 0.1) is 0 Å². The molecule has 22 heavy (non-hydrogen) atoms. The number of hydrogen-bond donors (Lipinski definition) is 1. The largest absolute Gasteiger partial charge is 0.349 e. The Morgan fingerprint density at radius 3 is 1.77 bits per heavy atom. The monoisotopic (exact) mass is 309 g/mol. The smallest absolute Gasteiger partial charge is 0.224 e. The first-order valence-electron chi connectivity index (χ1n) is 7.25. The fourth-order valence-corrected chi connectivity index (χ4v) is 1.50. The van der Waals surface area contributed by atoms with Gasteiger partial charge in [-0.15, -0.1) is 0 Å². The number of amides is 1. The molecule has 6 nitrogen and oxygen atoms in total. The fraction of sp³-hybridized carbons (Fsp3) is 0.562. The standard InChI is InChI=1S/C16H23NO5/c1-12(18)7-9-14(20)5-3-4-6-16(22)17-11-15(21)10-8-13(2)19/h3-4H,5-11H2,1-2H3,(H,17,22)/b4-3+. The van der Waals surface area contributed by atoms with E-state index in [1.807, 2.05) is 0 Å². The molecule has 0 fully saturated rings. The van der Waals surface area contributed by atoms with Crippen molar-refractivity contribution >= 4 is 29.0 Å². The van der Waals surface area contributed by atoms with E-state index in [-0.39, 0.29) is 74.1 Å². The van der Waals surface area contributed by atoms with Crippen LogP contribution in [0.4, 0.5) is 0 Å². The van der Waals surface area contributed by atoms with Gasteiger partial charge in [0.05, 0.1) is 6.54 Å². The molecule has 0 radical (unpaired) electrons. The molecule has 0 unspecified atom stereocenters. The van der Waals surface area contributed by atoms with E-state index in [2.05, 4.69) is 5.32 Å². The quantitative estimate of drug-likeness (QED) is 0.548. The van der Waals surface area contributed by atoms with Crippen LogP contribution in [0.2, 0.25) is 0 Å². The van der Waals surface area contributed by atoms with Crippen molar-refractivity contribution in [1.29, 1.82) is 0 Å². The van der Waals surface area contributed by atoms with E-state index in [1.54, 1.807) is 12.2 Å². The fourth-order valence-electron chi connectivity index (χ4n) is 1.50. The van der Waals surface area contributed by atoms with E-state index in [0.29, 0.717) is 0 Å². The number of rotatable bonds is 12. The Morgan fingerprint density at radius 1 is 0.727 bits per heavy atom. The second kappa shape index (κ2) is 11.5. The summed E-state index contributed by atoms with van der Waals surface area (Å²) in [4.78, 5) is 55.5. The molecule has 0 atom stereocenters. The Bertz CT molecular complexity index is 465. The van der Waals surface area contributed by atoms with Crippen LogP contribution in [0.1, 0.15) is 52.4 Å². The van der Waals surface area contributed by atoms with E-state index >= 15 is 0 Å². The molecular weight excluding hydrogens is 286 g/mol. The zero-order chi connectivity index (χ0) is 17.0. The Hall–Kier alpha value is -2.11. The van der Waals surface area contributed by atoms with Gasteiger partial charge >= 0.3 is 0 Å². The molecule has 0 heterocycles. The van der Waals surface area contributed by atoms with Gasteiger partial charge in [-0.2, -0.15) is 0 Å². The predicted molar refractivity (Wildman–Crippen MR) is 81.2 cm³/mol. The van der Waals surface area contributed by atoms with Gasteiger partial charge < -0.3 is 14.9 Å². The molecular formula is C16H23NO5. The molecule has 6 heteroatoms. The van der Waals surface area contributed by atoms with Crippen molar-refractivity contribution in [2.75, 3.05) is 6.54 Å². The van der Waals surface area contributed by atoms with E-state index in [9.17, 15) is 24.0 Å². The average Bonchev–Trinajstić information content (AvgIpc) is 2.45. The molecule has 0 rings (SSSR count). The predicted octanol–water partition coefficient (Wildman–Crippen LogP) is 1.32. The van der Waals surface area contributed by atoms with Crippen LogP contribution in [0.3, 0.4) is 0 Å². The van der Waals surface area contributed by atoms with Crippen LogP contribution < -0.4 is 5.32 Å². The number of ketones is 4. The lowest BCUT2D eigenvalue weighted by atomic mass is 10.1. The molecule has 0 saturated carbocycles. The average molecular weight is 309 g/mol. The Kier molecular flexibility index (Phi) is 10.4. The Labute approximate surface area is 130 Å². The number of allylic oxidation sites excluding steroid dienone is 1. The van der Waals surface area contributed by atoms with Crippen molar-refractivity contribution in [2.24, 2.45) is 0 Å². The third kappa shape index (κ3) is 12.9. The Balaban J connectivity index is 3.78. The normalized spacial score (nSPS) is 10.5. The number of hydrogen-bond acceptors (Lipinski definition) is 5. The van der Waals surface area contributed by atoms with Crippen molar-refractivity contribution < 1.29 is 24.0 Å². The Morgan fingerprint density at radius 2 is 1.23 bits per heavy atom. The third-order valence-electron chi connectivity index (χ3n) is 2.81. The van der Waals surface area contributed by atoms with Gasteiger partial charge in [-0.25, -0.2) is 0 Å². The van der Waals surface area contributed by atoms with Gasteiger partial charge in [0.25, 0.3) is 0 Å². The van der Waals surface area contributed by atoms with Gasteiger partial charge in [0.1, 0.15) is 17.3 Å². The van der Waals surface area contributed by atoms with Crippen molar-refractivity contribution in [3.8, 4) is 0 Å². The molecule has 0 aliphatic heterocycles. The number of Topliss-reactive ketones (excluding diaryl/α,β-unsaturated/α-hetero) is 4. The molecule has 1 amide bonds. The van der Waals surface area contributed by atoms with E-state index in [1.165, 1.54) is 13.8 Å². The van der Waals surface area contributed by atoms with Crippen LogP contribution in [-0.2, 0) is 24.0 Å². The SMILES string of the molecule is CC(=O)CCC(=O)C/C=C/CC(=O)NCC(=O)CCC(C)=O. The van der Waals surface area contributed by atoms with Gasteiger partial charge in [0.15, 0.2) is 5.78 Å². The van der Waals surface area contributed by atoms with Crippen LogP contribution in [0.25, 0.3) is 0 Å². The summed E-state index contributed by atoms with van der Waals surface area (Å²) in [5.74, 6) is -0.634. The molecule has 0 aromatic rings. The topological polar surface area (TPSA) is 97.4 Å². The summed E-state index contributed by atoms with van der Waals surface area (Å²) in [6.07, 6.45) is 4.21. The maximum atomic E-state index is 11.4. The van der Waals surface area contributed by atoms with Crippen LogP contribution in [0.5, 0.6) is 0 Å².